The lowest BCUT2D eigenvalue weighted by atomic mass is 9.92. The van der Waals surface area contributed by atoms with Crippen LogP contribution in [0.3, 0.4) is 0 Å². The molecule has 1 amide bonds. The first-order valence-electron chi connectivity index (χ1n) is 12.3. The van der Waals surface area contributed by atoms with Crippen LogP contribution in [0.15, 0.2) is 79.1 Å². The van der Waals surface area contributed by atoms with Crippen LogP contribution in [0, 0.1) is 0 Å². The summed E-state index contributed by atoms with van der Waals surface area (Å²) in [6.07, 6.45) is 6.72. The summed E-state index contributed by atoms with van der Waals surface area (Å²) < 4.78 is 1.88. The van der Waals surface area contributed by atoms with Gasteiger partial charge in [0.25, 0.3) is 5.91 Å². The van der Waals surface area contributed by atoms with E-state index < -0.39 is 5.91 Å². The Balaban J connectivity index is 1.40. The van der Waals surface area contributed by atoms with Crippen molar-refractivity contribution in [2.45, 2.75) is 37.8 Å². The second-order valence-corrected chi connectivity index (χ2v) is 9.46. The first-order valence-corrected chi connectivity index (χ1v) is 12.3. The van der Waals surface area contributed by atoms with Crippen LogP contribution in [0.1, 0.15) is 36.0 Å². The molecule has 1 aliphatic carbocycles. The van der Waals surface area contributed by atoms with Gasteiger partial charge in [-0.2, -0.15) is 5.10 Å². The standard InChI is InChI=1S/C29H27N5O2/c30-29(36)24-13-10-21(15-27(24)33-20-8-11-22(35)12-9-20)34-28-7-3-5-23(25(28)17-32-34)19-14-18-4-1-2-6-26(18)31-16-19/h1-7,10,13-17,20,22,33,35H,8-9,11-12H2,(H2,30,36)/t20-,22-. The second kappa shape index (κ2) is 9.09. The van der Waals surface area contributed by atoms with Crippen molar-refractivity contribution in [3.8, 4) is 16.8 Å². The fourth-order valence-corrected chi connectivity index (χ4v) is 5.17. The molecule has 5 aromatic rings. The third-order valence-electron chi connectivity index (χ3n) is 7.08. The number of benzene rings is 3. The van der Waals surface area contributed by atoms with Crippen LogP contribution in [0.2, 0.25) is 0 Å². The summed E-state index contributed by atoms with van der Waals surface area (Å²) in [5.41, 5.74) is 11.7. The summed E-state index contributed by atoms with van der Waals surface area (Å²) in [4.78, 5) is 16.8. The first kappa shape index (κ1) is 22.2. The Hall–Kier alpha value is -4.23. The molecule has 0 aliphatic heterocycles. The molecule has 36 heavy (non-hydrogen) atoms. The molecule has 7 nitrogen and oxygen atoms in total. The topological polar surface area (TPSA) is 106 Å². The first-order chi connectivity index (χ1) is 17.6. The average molecular weight is 478 g/mol. The normalized spacial score (nSPS) is 17.9. The van der Waals surface area contributed by atoms with E-state index in [4.69, 9.17) is 10.8 Å². The average Bonchev–Trinajstić information content (AvgIpc) is 3.34. The van der Waals surface area contributed by atoms with Crippen molar-refractivity contribution in [1.82, 2.24) is 14.8 Å². The number of fused-ring (bicyclic) bond motifs is 2. The number of pyridine rings is 1. The zero-order chi connectivity index (χ0) is 24.6. The maximum atomic E-state index is 12.1. The quantitative estimate of drug-likeness (QED) is 0.328. The Morgan fingerprint density at radius 2 is 1.81 bits per heavy atom. The maximum Gasteiger partial charge on any atom is 0.250 e. The molecule has 0 saturated heterocycles. The van der Waals surface area contributed by atoms with E-state index in [2.05, 4.69) is 28.5 Å². The highest BCUT2D eigenvalue weighted by molar-refractivity contribution is 6.00. The van der Waals surface area contributed by atoms with E-state index in [-0.39, 0.29) is 12.1 Å². The number of nitrogens with one attached hydrogen (secondary N) is 1. The number of hydrogen-bond acceptors (Lipinski definition) is 5. The molecule has 2 heterocycles. The van der Waals surface area contributed by atoms with Crippen LogP contribution < -0.4 is 11.1 Å². The summed E-state index contributed by atoms with van der Waals surface area (Å²) in [5.74, 6) is -0.476. The fraction of sp³-hybridized carbons (Fsp3) is 0.207. The number of aliphatic hydroxyl groups excluding tert-OH is 1. The number of hydrogen-bond donors (Lipinski definition) is 3. The van der Waals surface area contributed by atoms with Crippen LogP contribution in [0.25, 0.3) is 38.6 Å². The molecule has 0 spiro atoms. The van der Waals surface area contributed by atoms with Gasteiger partial charge in [-0.1, -0.05) is 30.3 Å². The van der Waals surface area contributed by atoms with Gasteiger partial charge < -0.3 is 16.2 Å². The number of primary amides is 1. The number of amides is 1. The highest BCUT2D eigenvalue weighted by atomic mass is 16.3. The van der Waals surface area contributed by atoms with E-state index in [0.29, 0.717) is 11.3 Å². The van der Waals surface area contributed by atoms with Crippen molar-refractivity contribution in [2.75, 3.05) is 5.32 Å². The summed E-state index contributed by atoms with van der Waals surface area (Å²) in [5, 5.41) is 20.2. The van der Waals surface area contributed by atoms with Gasteiger partial charge in [0, 0.05) is 34.3 Å². The summed E-state index contributed by atoms with van der Waals surface area (Å²) in [6, 6.07) is 22.1. The van der Waals surface area contributed by atoms with Crippen molar-refractivity contribution in [1.29, 1.82) is 0 Å². The molecule has 1 aliphatic rings. The molecule has 4 N–H and O–H groups in total. The van der Waals surface area contributed by atoms with Gasteiger partial charge >= 0.3 is 0 Å². The molecule has 6 rings (SSSR count). The van der Waals surface area contributed by atoms with Gasteiger partial charge in [-0.05, 0) is 67.6 Å². The predicted octanol–water partition coefficient (Wildman–Crippen LogP) is 5.06. The maximum absolute atomic E-state index is 12.1. The lowest BCUT2D eigenvalue weighted by Gasteiger charge is -2.27. The molecule has 1 fully saturated rings. The Morgan fingerprint density at radius 3 is 2.64 bits per heavy atom. The number of nitrogens with zero attached hydrogens (tertiary/aromatic N) is 3. The number of carbonyl (C=O) groups is 1. The third-order valence-corrected chi connectivity index (χ3v) is 7.08. The van der Waals surface area contributed by atoms with Gasteiger partial charge in [-0.15, -0.1) is 0 Å². The van der Waals surface area contributed by atoms with Crippen LogP contribution in [-0.2, 0) is 0 Å². The van der Waals surface area contributed by atoms with Gasteiger partial charge in [-0.3, -0.25) is 9.78 Å². The SMILES string of the molecule is NC(=O)c1ccc(-n2ncc3c(-c4cnc5ccccc5c4)cccc32)cc1N[C@H]1CC[C@H](O)CC1. The van der Waals surface area contributed by atoms with Gasteiger partial charge in [0.2, 0.25) is 0 Å². The van der Waals surface area contributed by atoms with Crippen LogP contribution in [0.4, 0.5) is 5.69 Å². The number of aromatic nitrogens is 3. The van der Waals surface area contributed by atoms with E-state index in [1.54, 1.807) is 6.07 Å². The number of aliphatic hydroxyl groups is 1. The van der Waals surface area contributed by atoms with E-state index in [1.165, 1.54) is 0 Å². The number of nitrogens with two attached hydrogens (primary N) is 1. The van der Waals surface area contributed by atoms with Gasteiger partial charge in [-0.25, -0.2) is 4.68 Å². The molecule has 0 atom stereocenters. The number of rotatable bonds is 5. The molecule has 0 radical (unpaired) electrons. The van der Waals surface area contributed by atoms with Crippen molar-refractivity contribution in [3.05, 3.63) is 84.7 Å². The van der Waals surface area contributed by atoms with Crippen LogP contribution in [0.5, 0.6) is 0 Å². The summed E-state index contributed by atoms with van der Waals surface area (Å²) >= 11 is 0. The van der Waals surface area contributed by atoms with Gasteiger partial charge in [0.15, 0.2) is 0 Å². The van der Waals surface area contributed by atoms with E-state index in [9.17, 15) is 9.90 Å². The molecule has 2 aromatic heterocycles. The Labute approximate surface area is 208 Å². The largest absolute Gasteiger partial charge is 0.393 e. The lowest BCUT2D eigenvalue weighted by Crippen LogP contribution is -2.29. The number of carbonyl (C=O) groups excluding carboxylic acids is 1. The minimum atomic E-state index is -0.476. The predicted molar refractivity (Wildman–Crippen MR) is 142 cm³/mol. The molecule has 7 heteroatoms. The highest BCUT2D eigenvalue weighted by Crippen LogP contribution is 2.32. The number of anilines is 1. The van der Waals surface area contributed by atoms with Crippen LogP contribution in [-0.4, -0.2) is 37.9 Å². The van der Waals surface area contributed by atoms with E-state index >= 15 is 0 Å². The molecule has 1 saturated carbocycles. The molecule has 0 unspecified atom stereocenters. The van der Waals surface area contributed by atoms with Gasteiger partial charge in [0.05, 0.1) is 34.6 Å². The minimum Gasteiger partial charge on any atom is -0.393 e. The Kier molecular flexibility index (Phi) is 5.62. The zero-order valence-corrected chi connectivity index (χ0v) is 19.8. The molecule has 180 valence electrons. The van der Waals surface area contributed by atoms with E-state index in [1.807, 2.05) is 59.5 Å². The van der Waals surface area contributed by atoms with Crippen molar-refractivity contribution in [3.63, 3.8) is 0 Å². The lowest BCUT2D eigenvalue weighted by molar-refractivity contribution is 0.100. The van der Waals surface area contributed by atoms with Crippen LogP contribution >= 0.6 is 0 Å². The Bertz CT molecular complexity index is 1580. The molecule has 3 aromatic carbocycles. The fourth-order valence-electron chi connectivity index (χ4n) is 5.17. The molecule has 0 bridgehead atoms. The van der Waals surface area contributed by atoms with E-state index in [0.717, 1.165) is 64.3 Å². The zero-order valence-electron chi connectivity index (χ0n) is 19.8. The molecular formula is C29H27N5O2. The van der Waals surface area contributed by atoms with Crippen molar-refractivity contribution < 1.29 is 9.90 Å². The number of para-hydroxylation sites is 1. The second-order valence-electron chi connectivity index (χ2n) is 9.46. The Morgan fingerprint density at radius 1 is 0.972 bits per heavy atom. The summed E-state index contributed by atoms with van der Waals surface area (Å²) in [6.45, 7) is 0. The van der Waals surface area contributed by atoms with Gasteiger partial charge in [0.1, 0.15) is 0 Å². The smallest absolute Gasteiger partial charge is 0.250 e. The summed E-state index contributed by atoms with van der Waals surface area (Å²) in [7, 11) is 0. The molecular weight excluding hydrogens is 450 g/mol. The highest BCUT2D eigenvalue weighted by Gasteiger charge is 2.21. The monoisotopic (exact) mass is 477 g/mol. The van der Waals surface area contributed by atoms with Crippen molar-refractivity contribution in [2.24, 2.45) is 5.73 Å². The minimum absolute atomic E-state index is 0.183. The third kappa shape index (κ3) is 4.07. The van der Waals surface area contributed by atoms with Crippen molar-refractivity contribution >= 4 is 33.4 Å².